The van der Waals surface area contributed by atoms with Crippen molar-refractivity contribution in [3.8, 4) is 0 Å². The summed E-state index contributed by atoms with van der Waals surface area (Å²) in [4.78, 5) is 16.6. The fourth-order valence-corrected chi connectivity index (χ4v) is 3.77. The maximum atomic E-state index is 12.4. The number of carbonyl (C=O) groups excluding carboxylic acids is 1. The first-order chi connectivity index (χ1) is 12.5. The molecule has 1 saturated heterocycles. The topological polar surface area (TPSA) is 38.8 Å². The van der Waals surface area contributed by atoms with Crippen LogP contribution in [0, 0.1) is 0 Å². The van der Waals surface area contributed by atoms with Crippen molar-refractivity contribution < 1.29 is 4.79 Å². The van der Waals surface area contributed by atoms with Crippen molar-refractivity contribution in [2.45, 2.75) is 26.2 Å². The largest absolute Gasteiger partial charge is 0.340 e. The number of nitrogens with zero attached hydrogens (tertiary/aromatic N) is 3. The van der Waals surface area contributed by atoms with Gasteiger partial charge in [0.15, 0.2) is 0 Å². The molecule has 0 aromatic heterocycles. The summed E-state index contributed by atoms with van der Waals surface area (Å²) in [5.74, 6) is 0.268. The average Bonchev–Trinajstić information content (AvgIpc) is 2.98. The predicted octanol–water partition coefficient (Wildman–Crippen LogP) is 3.54. The molecule has 0 spiro atoms. The minimum Gasteiger partial charge on any atom is -0.340 e. The Bertz CT molecular complexity index is 699. The Morgan fingerprint density at radius 1 is 1.19 bits per heavy atom. The maximum Gasteiger partial charge on any atom is 0.222 e. The van der Waals surface area contributed by atoms with Crippen LogP contribution >= 0.6 is 23.2 Å². The van der Waals surface area contributed by atoms with E-state index in [0.717, 1.165) is 51.3 Å². The second-order valence-electron chi connectivity index (χ2n) is 7.07. The summed E-state index contributed by atoms with van der Waals surface area (Å²) in [5, 5.41) is 3.12. The highest BCUT2D eigenvalue weighted by Crippen LogP contribution is 2.34. The van der Waals surface area contributed by atoms with E-state index in [2.05, 4.69) is 24.3 Å². The zero-order chi connectivity index (χ0) is 18.7. The van der Waals surface area contributed by atoms with Crippen LogP contribution in [-0.2, 0) is 4.79 Å². The minimum atomic E-state index is 0.268. The van der Waals surface area contributed by atoms with Gasteiger partial charge in [0.2, 0.25) is 5.91 Å². The molecule has 2 aliphatic heterocycles. The monoisotopic (exact) mass is 396 g/mol. The van der Waals surface area contributed by atoms with E-state index in [4.69, 9.17) is 23.2 Å². The van der Waals surface area contributed by atoms with Crippen molar-refractivity contribution in [1.29, 1.82) is 0 Å². The number of nitrogens with one attached hydrogen (secondary N) is 1. The zero-order valence-corrected chi connectivity index (χ0v) is 16.9. The van der Waals surface area contributed by atoms with Gasteiger partial charge in [-0.1, -0.05) is 29.3 Å². The molecule has 1 fully saturated rings. The lowest BCUT2D eigenvalue weighted by Crippen LogP contribution is -2.47. The normalized spacial score (nSPS) is 18.5. The number of benzene rings is 1. The number of piperazine rings is 1. The molecule has 0 atom stereocenters. The summed E-state index contributed by atoms with van der Waals surface area (Å²) in [6.07, 6.45) is 2.31. The fraction of sp³-hybridized carbons (Fsp3) is 0.526. The van der Waals surface area contributed by atoms with Gasteiger partial charge < -0.3 is 15.2 Å². The van der Waals surface area contributed by atoms with Crippen molar-refractivity contribution in [2.75, 3.05) is 44.8 Å². The van der Waals surface area contributed by atoms with E-state index in [0.29, 0.717) is 16.5 Å². The first-order valence-electron chi connectivity index (χ1n) is 9.09. The quantitative estimate of drug-likeness (QED) is 0.825. The third kappa shape index (κ3) is 4.45. The van der Waals surface area contributed by atoms with Gasteiger partial charge in [-0.25, -0.2) is 0 Å². The first kappa shape index (κ1) is 19.3. The molecule has 1 aromatic rings. The Morgan fingerprint density at radius 2 is 1.92 bits per heavy atom. The van der Waals surface area contributed by atoms with Crippen LogP contribution in [0.2, 0.25) is 10.0 Å². The molecule has 1 amide bonds. The van der Waals surface area contributed by atoms with E-state index in [9.17, 15) is 4.79 Å². The number of hydrogen-bond acceptors (Lipinski definition) is 4. The molecule has 0 aliphatic carbocycles. The molecule has 2 aliphatic rings. The van der Waals surface area contributed by atoms with E-state index in [1.54, 1.807) is 6.07 Å². The molecule has 142 valence electrons. The Labute approximate surface area is 165 Å². The van der Waals surface area contributed by atoms with Crippen molar-refractivity contribution in [3.05, 3.63) is 39.5 Å². The van der Waals surface area contributed by atoms with E-state index >= 15 is 0 Å². The third-order valence-electron chi connectivity index (χ3n) is 5.08. The average molecular weight is 397 g/mol. The molecular weight excluding hydrogens is 371 g/mol. The number of hydrazine groups is 1. The Hall–Kier alpha value is -1.43. The molecule has 5 nitrogen and oxygen atoms in total. The van der Waals surface area contributed by atoms with E-state index in [1.807, 2.05) is 22.0 Å². The van der Waals surface area contributed by atoms with E-state index in [1.165, 1.54) is 11.3 Å². The van der Waals surface area contributed by atoms with Crippen LogP contribution in [0.15, 0.2) is 29.5 Å². The van der Waals surface area contributed by atoms with Gasteiger partial charge in [0, 0.05) is 38.3 Å². The lowest BCUT2D eigenvalue weighted by molar-refractivity contribution is -0.132. The number of carbonyl (C=O) groups is 1. The Kier molecular flexibility index (Phi) is 6.33. The van der Waals surface area contributed by atoms with Crippen LogP contribution in [0.4, 0.5) is 5.69 Å². The predicted molar refractivity (Wildman–Crippen MR) is 108 cm³/mol. The fourth-order valence-electron chi connectivity index (χ4n) is 3.38. The van der Waals surface area contributed by atoms with E-state index in [-0.39, 0.29) is 5.91 Å². The van der Waals surface area contributed by atoms with Gasteiger partial charge in [-0.3, -0.25) is 9.80 Å². The number of amides is 1. The van der Waals surface area contributed by atoms with Gasteiger partial charge in [0.05, 0.1) is 22.3 Å². The maximum absolute atomic E-state index is 12.4. The van der Waals surface area contributed by atoms with Crippen LogP contribution in [0.1, 0.15) is 26.2 Å². The molecule has 26 heavy (non-hydrogen) atoms. The highest BCUT2D eigenvalue weighted by atomic mass is 35.5. The molecule has 7 heteroatoms. The van der Waals surface area contributed by atoms with Crippen molar-refractivity contribution >= 4 is 34.8 Å². The number of anilines is 1. The van der Waals surface area contributed by atoms with Crippen molar-refractivity contribution in [3.63, 3.8) is 0 Å². The highest BCUT2D eigenvalue weighted by Gasteiger charge is 2.22. The number of likely N-dealkylation sites (N-methyl/N-ethyl adjacent to an activating group) is 1. The standard InChI is InChI=1S/C19H26Cl2N4O/c1-14-13-25(17-7-3-5-15(20)19(17)21)22-16(14)6-4-8-18(26)24-11-9-23(2)10-12-24/h3,5,7,22H,4,6,8-13H2,1-2H3. The molecule has 0 saturated carbocycles. The first-order valence-corrected chi connectivity index (χ1v) is 9.84. The summed E-state index contributed by atoms with van der Waals surface area (Å²) >= 11 is 12.4. The summed E-state index contributed by atoms with van der Waals surface area (Å²) in [7, 11) is 2.10. The molecule has 1 N–H and O–H groups in total. The second kappa shape index (κ2) is 8.51. The van der Waals surface area contributed by atoms with Gasteiger partial charge in [0.25, 0.3) is 0 Å². The molecule has 0 radical (unpaired) electrons. The summed E-state index contributed by atoms with van der Waals surface area (Å²) < 4.78 is 0. The van der Waals surface area contributed by atoms with Crippen LogP contribution in [0.25, 0.3) is 0 Å². The third-order valence-corrected chi connectivity index (χ3v) is 5.88. The number of hydrogen-bond donors (Lipinski definition) is 1. The SMILES string of the molecule is CC1=C(CCCC(=O)N2CCN(C)CC2)NN(c2cccc(Cl)c2Cl)C1. The van der Waals surface area contributed by atoms with Gasteiger partial charge in [-0.2, -0.15) is 0 Å². The summed E-state index contributed by atoms with van der Waals surface area (Å²) in [6.45, 7) is 6.50. The van der Waals surface area contributed by atoms with E-state index < -0.39 is 0 Å². The molecule has 0 bridgehead atoms. The number of halogens is 2. The summed E-state index contributed by atoms with van der Waals surface area (Å²) in [5.41, 5.74) is 6.74. The van der Waals surface area contributed by atoms with Crippen LogP contribution < -0.4 is 10.4 Å². The second-order valence-corrected chi connectivity index (χ2v) is 7.85. The molecule has 3 rings (SSSR count). The molecule has 2 heterocycles. The highest BCUT2D eigenvalue weighted by molar-refractivity contribution is 6.43. The van der Waals surface area contributed by atoms with Crippen molar-refractivity contribution in [2.24, 2.45) is 0 Å². The summed E-state index contributed by atoms with van der Waals surface area (Å²) in [6, 6.07) is 5.64. The van der Waals surface area contributed by atoms with Gasteiger partial charge in [0.1, 0.15) is 0 Å². The van der Waals surface area contributed by atoms with Gasteiger partial charge in [-0.15, -0.1) is 0 Å². The van der Waals surface area contributed by atoms with Gasteiger partial charge in [-0.05, 0) is 44.5 Å². The lowest BCUT2D eigenvalue weighted by Gasteiger charge is -2.32. The number of rotatable bonds is 5. The molecule has 0 unspecified atom stereocenters. The van der Waals surface area contributed by atoms with Gasteiger partial charge >= 0.3 is 0 Å². The minimum absolute atomic E-state index is 0.268. The number of allylic oxidation sites excluding steroid dienone is 1. The smallest absolute Gasteiger partial charge is 0.222 e. The zero-order valence-electron chi connectivity index (χ0n) is 15.4. The van der Waals surface area contributed by atoms with Crippen LogP contribution in [0.3, 0.4) is 0 Å². The van der Waals surface area contributed by atoms with Crippen LogP contribution in [0.5, 0.6) is 0 Å². The molecule has 1 aromatic carbocycles. The van der Waals surface area contributed by atoms with Crippen LogP contribution in [-0.4, -0.2) is 55.5 Å². The Morgan fingerprint density at radius 3 is 2.65 bits per heavy atom. The Balaban J connectivity index is 1.49. The molecular formula is C19H26Cl2N4O. The van der Waals surface area contributed by atoms with Crippen molar-refractivity contribution in [1.82, 2.24) is 15.2 Å². The lowest BCUT2D eigenvalue weighted by atomic mass is 10.1.